The number of hydrogen-bond donors (Lipinski definition) is 0. The number of anilines is 2. The molecular weight excluding hydrogens is 649 g/mol. The number of tetrazole rings is 1. The van der Waals surface area contributed by atoms with Gasteiger partial charge in [-0.15, -0.1) is 18.3 Å². The minimum atomic E-state index is -5.13. The molecule has 2 aromatic carbocycles. The lowest BCUT2D eigenvalue weighted by molar-refractivity contribution is -0.274. The van der Waals surface area contributed by atoms with Crippen LogP contribution in [0, 0.1) is 0 Å². The molecule has 2 aromatic heterocycles. The average molecular weight is 674 g/mol. The molecule has 0 unspecified atom stereocenters. The summed E-state index contributed by atoms with van der Waals surface area (Å²) >= 11 is 0. The molecule has 1 amide bonds. The van der Waals surface area contributed by atoms with Crippen LogP contribution >= 0.6 is 0 Å². The van der Waals surface area contributed by atoms with Gasteiger partial charge in [0.1, 0.15) is 5.75 Å². The third-order valence-electron chi connectivity index (χ3n) is 7.44. The van der Waals surface area contributed by atoms with Crippen LogP contribution in [0.15, 0.2) is 60.9 Å². The number of carbonyl (C=O) groups is 1. The number of hydrogen-bond acceptors (Lipinski definition) is 7. The van der Waals surface area contributed by atoms with Gasteiger partial charge in [0.15, 0.2) is 0 Å². The molecule has 1 aliphatic heterocycles. The quantitative estimate of drug-likeness (QED) is 0.193. The van der Waals surface area contributed by atoms with Crippen molar-refractivity contribution in [3.05, 3.63) is 88.7 Å². The van der Waals surface area contributed by atoms with Gasteiger partial charge in [-0.1, -0.05) is 12.0 Å². The molecule has 0 saturated heterocycles. The number of alkyl halides is 9. The lowest BCUT2D eigenvalue weighted by Gasteiger charge is -2.44. The van der Waals surface area contributed by atoms with Gasteiger partial charge in [-0.3, -0.25) is 9.78 Å². The minimum Gasteiger partial charge on any atom is -0.406 e. The molecule has 3 heterocycles. The second-order valence-electron chi connectivity index (χ2n) is 10.6. The fourth-order valence-corrected chi connectivity index (χ4v) is 5.47. The topological polar surface area (TPSA) is 89.3 Å². The Kier molecular flexibility index (Phi) is 8.81. The van der Waals surface area contributed by atoms with E-state index >= 15 is 0 Å². The van der Waals surface area contributed by atoms with E-state index in [0.717, 1.165) is 16.9 Å². The van der Waals surface area contributed by atoms with Gasteiger partial charge in [0.2, 0.25) is 0 Å². The Morgan fingerprint density at radius 3 is 2.19 bits per heavy atom. The largest absolute Gasteiger partial charge is 0.573 e. The van der Waals surface area contributed by atoms with Gasteiger partial charge in [0.25, 0.3) is 11.9 Å². The summed E-state index contributed by atoms with van der Waals surface area (Å²) in [5.74, 6) is -1.44. The van der Waals surface area contributed by atoms with Crippen LogP contribution in [0.5, 0.6) is 5.75 Å². The Morgan fingerprint density at radius 2 is 1.66 bits per heavy atom. The summed E-state index contributed by atoms with van der Waals surface area (Å²) in [6.45, 7) is 1.09. The van der Waals surface area contributed by atoms with Crippen molar-refractivity contribution in [3.63, 3.8) is 0 Å². The molecule has 0 bridgehead atoms. The zero-order chi connectivity index (χ0) is 34.3. The van der Waals surface area contributed by atoms with Gasteiger partial charge < -0.3 is 14.5 Å². The number of ether oxygens (including phenoxy) is 1. The van der Waals surface area contributed by atoms with Crippen LogP contribution in [-0.4, -0.2) is 43.5 Å². The van der Waals surface area contributed by atoms with Crippen LogP contribution in [0.25, 0.3) is 0 Å². The summed E-state index contributed by atoms with van der Waals surface area (Å²) in [6, 6.07) is 5.59. The van der Waals surface area contributed by atoms with Crippen LogP contribution < -0.4 is 14.5 Å². The summed E-state index contributed by atoms with van der Waals surface area (Å²) in [6.07, 6.45) is -12.4. The fourth-order valence-electron chi connectivity index (χ4n) is 5.47. The van der Waals surface area contributed by atoms with E-state index in [4.69, 9.17) is 0 Å². The summed E-state index contributed by atoms with van der Waals surface area (Å²) in [5, 5.41) is 11.8. The van der Waals surface area contributed by atoms with E-state index in [9.17, 15) is 44.3 Å². The highest BCUT2D eigenvalue weighted by molar-refractivity contribution is 6.07. The molecule has 2 atom stereocenters. The maximum Gasteiger partial charge on any atom is 0.573 e. The highest BCUT2D eigenvalue weighted by Gasteiger charge is 2.42. The van der Waals surface area contributed by atoms with Crippen molar-refractivity contribution in [2.75, 3.05) is 9.80 Å². The summed E-state index contributed by atoms with van der Waals surface area (Å²) in [7, 11) is 1.37. The normalized spacial score (nSPS) is 17.0. The standard InChI is InChI=1S/C29H24F9N7O2/c1-3-20-12-24(22-13-21(47-29(36,37)38)6-7-23(22)45(20)25(46)17-5-4-8-39-14-17)44(26-40-42-43(2)41-26)15-16-9-18(27(30,31)32)11-19(10-16)28(33,34)35/h4-11,13-14,20,24H,3,12,15H2,1-2H3/t20-,24+/m1/s1. The van der Waals surface area contributed by atoms with Gasteiger partial charge >= 0.3 is 18.7 Å². The number of nitrogens with zero attached hydrogens (tertiary/aromatic N) is 7. The van der Waals surface area contributed by atoms with Crippen molar-refractivity contribution in [2.24, 2.45) is 7.05 Å². The van der Waals surface area contributed by atoms with Crippen molar-refractivity contribution >= 4 is 17.5 Å². The molecule has 0 saturated carbocycles. The number of pyridine rings is 1. The lowest BCUT2D eigenvalue weighted by atomic mass is 9.87. The molecule has 1 aliphatic rings. The molecule has 0 spiro atoms. The number of aromatic nitrogens is 5. The number of rotatable bonds is 7. The Bertz CT molecular complexity index is 1710. The molecule has 250 valence electrons. The van der Waals surface area contributed by atoms with Crippen LogP contribution in [0.3, 0.4) is 0 Å². The molecule has 5 rings (SSSR count). The smallest absolute Gasteiger partial charge is 0.406 e. The third kappa shape index (κ3) is 7.41. The first kappa shape index (κ1) is 33.5. The molecule has 18 heteroatoms. The number of fused-ring (bicyclic) bond motifs is 1. The van der Waals surface area contributed by atoms with Crippen molar-refractivity contribution in [1.82, 2.24) is 25.2 Å². The van der Waals surface area contributed by atoms with Gasteiger partial charge in [-0.25, -0.2) is 0 Å². The zero-order valence-corrected chi connectivity index (χ0v) is 24.4. The first-order valence-corrected chi connectivity index (χ1v) is 13.9. The molecule has 0 N–H and O–H groups in total. The highest BCUT2D eigenvalue weighted by atomic mass is 19.4. The van der Waals surface area contributed by atoms with Crippen LogP contribution in [0.4, 0.5) is 51.1 Å². The zero-order valence-electron chi connectivity index (χ0n) is 24.4. The molecule has 9 nitrogen and oxygen atoms in total. The van der Waals surface area contributed by atoms with Crippen LogP contribution in [-0.2, 0) is 25.9 Å². The van der Waals surface area contributed by atoms with Crippen molar-refractivity contribution in [2.45, 2.75) is 57.1 Å². The van der Waals surface area contributed by atoms with Crippen LogP contribution in [0.1, 0.15) is 58.4 Å². The van der Waals surface area contributed by atoms with E-state index in [0.29, 0.717) is 18.6 Å². The molecular formula is C29H24F9N7O2. The van der Waals surface area contributed by atoms with Crippen LogP contribution in [0.2, 0.25) is 0 Å². The van der Waals surface area contributed by atoms with E-state index in [1.807, 2.05) is 0 Å². The maximum atomic E-state index is 13.8. The number of carbonyl (C=O) groups excluding carboxylic acids is 1. The Labute approximate surface area is 260 Å². The SMILES string of the molecule is CC[C@@H]1C[C@H](N(Cc2cc(C(F)(F)F)cc(C(F)(F)F)c2)c2nnn(C)n2)c2cc(OC(F)(F)F)ccc2N1C(=O)c1cccnc1. The number of benzene rings is 2. The number of aryl methyl sites for hydroxylation is 1. The number of amides is 1. The highest BCUT2D eigenvalue weighted by Crippen LogP contribution is 2.46. The first-order chi connectivity index (χ1) is 21.9. The monoisotopic (exact) mass is 673 g/mol. The molecule has 0 radical (unpaired) electrons. The van der Waals surface area contributed by atoms with Gasteiger partial charge in [0.05, 0.1) is 29.8 Å². The van der Waals surface area contributed by atoms with Gasteiger partial charge in [0, 0.05) is 36.2 Å². The number of halogens is 9. The molecule has 4 aromatic rings. The fraction of sp³-hybridized carbons (Fsp3) is 0.345. The van der Waals surface area contributed by atoms with E-state index < -0.39 is 65.7 Å². The lowest BCUT2D eigenvalue weighted by Crippen LogP contribution is -2.47. The van der Waals surface area contributed by atoms with E-state index in [1.165, 1.54) is 47.4 Å². The summed E-state index contributed by atoms with van der Waals surface area (Å²) in [4.78, 5) is 21.3. The van der Waals surface area contributed by atoms with Crippen molar-refractivity contribution in [1.29, 1.82) is 0 Å². The molecule has 0 fully saturated rings. The second kappa shape index (κ2) is 12.4. The third-order valence-corrected chi connectivity index (χ3v) is 7.44. The minimum absolute atomic E-state index is 0.0138. The van der Waals surface area contributed by atoms with E-state index in [-0.39, 0.29) is 35.2 Å². The summed E-state index contributed by atoms with van der Waals surface area (Å²) in [5.41, 5.74) is -3.21. The summed E-state index contributed by atoms with van der Waals surface area (Å²) < 4.78 is 126. The van der Waals surface area contributed by atoms with Crippen molar-refractivity contribution < 1.29 is 49.0 Å². The van der Waals surface area contributed by atoms with E-state index in [1.54, 1.807) is 6.92 Å². The predicted octanol–water partition coefficient (Wildman–Crippen LogP) is 7.12. The Hall–Kier alpha value is -4.90. The predicted molar refractivity (Wildman–Crippen MR) is 147 cm³/mol. The Morgan fingerprint density at radius 1 is 0.979 bits per heavy atom. The second-order valence-corrected chi connectivity index (χ2v) is 10.6. The average Bonchev–Trinajstić information content (AvgIpc) is 3.43. The Balaban J connectivity index is 1.69. The van der Waals surface area contributed by atoms with Gasteiger partial charge in [-0.05, 0) is 72.1 Å². The first-order valence-electron chi connectivity index (χ1n) is 13.9. The van der Waals surface area contributed by atoms with Gasteiger partial charge in [-0.2, -0.15) is 31.1 Å². The van der Waals surface area contributed by atoms with Crippen molar-refractivity contribution in [3.8, 4) is 5.75 Å². The maximum absolute atomic E-state index is 13.8. The van der Waals surface area contributed by atoms with E-state index in [2.05, 4.69) is 25.1 Å². The molecule has 47 heavy (non-hydrogen) atoms. The molecule has 0 aliphatic carbocycles.